The van der Waals surface area contributed by atoms with Crippen molar-refractivity contribution in [1.82, 2.24) is 0 Å². The molecule has 1 heterocycles. The third-order valence-corrected chi connectivity index (χ3v) is 4.58. The van der Waals surface area contributed by atoms with Crippen LogP contribution in [-0.2, 0) is 17.4 Å². The molecule has 0 unspecified atom stereocenters. The van der Waals surface area contributed by atoms with Crippen molar-refractivity contribution in [3.05, 3.63) is 69.0 Å². The van der Waals surface area contributed by atoms with Gasteiger partial charge in [-0.15, -0.1) is 0 Å². The summed E-state index contributed by atoms with van der Waals surface area (Å²) in [6.45, 7) is 1.54. The molecule has 3 rings (SSSR count). The summed E-state index contributed by atoms with van der Waals surface area (Å²) >= 11 is 5.56. The number of carbonyl (C=O) groups is 1. The minimum Gasteiger partial charge on any atom is -0.484 e. The van der Waals surface area contributed by atoms with Gasteiger partial charge in [0.1, 0.15) is 11.3 Å². The van der Waals surface area contributed by atoms with Crippen LogP contribution in [0.3, 0.4) is 0 Å². The van der Waals surface area contributed by atoms with Crippen LogP contribution in [0.4, 0.5) is 18.9 Å². The third kappa shape index (κ3) is 5.13. The zero-order valence-electron chi connectivity index (χ0n) is 15.8. The highest BCUT2D eigenvalue weighted by atomic mass is 35.5. The van der Waals surface area contributed by atoms with E-state index in [9.17, 15) is 22.8 Å². The lowest BCUT2D eigenvalue weighted by atomic mass is 10.1. The molecule has 5 nitrogen and oxygen atoms in total. The Balaban J connectivity index is 1.70. The van der Waals surface area contributed by atoms with E-state index < -0.39 is 34.9 Å². The van der Waals surface area contributed by atoms with E-state index in [4.69, 9.17) is 20.8 Å². The molecule has 30 heavy (non-hydrogen) atoms. The number of aryl methyl sites for hydroxylation is 1. The molecule has 1 aromatic heterocycles. The van der Waals surface area contributed by atoms with E-state index in [2.05, 4.69) is 5.32 Å². The minimum absolute atomic E-state index is 0.0611. The van der Waals surface area contributed by atoms with E-state index in [0.29, 0.717) is 12.0 Å². The fraction of sp³-hybridized carbons (Fsp3) is 0.238. The molecule has 0 aliphatic rings. The fourth-order valence-electron chi connectivity index (χ4n) is 2.94. The summed E-state index contributed by atoms with van der Waals surface area (Å²) in [6, 6.07) is 9.36. The average Bonchev–Trinajstić information content (AvgIpc) is 2.67. The number of rotatable bonds is 6. The molecule has 9 heteroatoms. The van der Waals surface area contributed by atoms with Crippen molar-refractivity contribution < 1.29 is 27.1 Å². The quantitative estimate of drug-likeness (QED) is 0.520. The molecule has 0 aliphatic carbocycles. The second-order valence-corrected chi connectivity index (χ2v) is 6.94. The molecule has 1 amide bonds. The van der Waals surface area contributed by atoms with Crippen LogP contribution < -0.4 is 15.7 Å². The zero-order valence-corrected chi connectivity index (χ0v) is 16.6. The molecular weight excluding hydrogens is 423 g/mol. The van der Waals surface area contributed by atoms with E-state index in [0.717, 1.165) is 29.5 Å². The maximum Gasteiger partial charge on any atom is 0.417 e. The van der Waals surface area contributed by atoms with Gasteiger partial charge in [0, 0.05) is 23.2 Å². The Hall–Kier alpha value is -3.00. The summed E-state index contributed by atoms with van der Waals surface area (Å²) in [4.78, 5) is 23.8. The van der Waals surface area contributed by atoms with Crippen LogP contribution >= 0.6 is 11.6 Å². The van der Waals surface area contributed by atoms with Crippen LogP contribution in [-0.4, -0.2) is 12.5 Å². The van der Waals surface area contributed by atoms with E-state index in [-0.39, 0.29) is 11.4 Å². The number of hydrogen-bond acceptors (Lipinski definition) is 4. The number of alkyl halides is 3. The van der Waals surface area contributed by atoms with Crippen LogP contribution in [0.2, 0.25) is 5.02 Å². The number of fused-ring (bicyclic) bond motifs is 1. The second kappa shape index (κ2) is 8.79. The van der Waals surface area contributed by atoms with Crippen molar-refractivity contribution in [1.29, 1.82) is 0 Å². The Bertz CT molecular complexity index is 1140. The molecule has 3 aromatic rings. The minimum atomic E-state index is -4.64. The van der Waals surface area contributed by atoms with E-state index >= 15 is 0 Å². The van der Waals surface area contributed by atoms with Crippen molar-refractivity contribution in [2.75, 3.05) is 11.9 Å². The number of nitrogens with one attached hydrogen (secondary N) is 1. The molecule has 0 atom stereocenters. The van der Waals surface area contributed by atoms with Gasteiger partial charge in [-0.25, -0.2) is 4.79 Å². The van der Waals surface area contributed by atoms with Crippen LogP contribution in [0.15, 0.2) is 51.7 Å². The van der Waals surface area contributed by atoms with Crippen molar-refractivity contribution in [3.8, 4) is 5.75 Å². The SMILES string of the molecule is CCCc1cc(=O)oc2cc(OCC(=O)Nc3ccc(Cl)c(C(F)(F)F)c3)ccc12. The van der Waals surface area contributed by atoms with Gasteiger partial charge in [0.15, 0.2) is 6.61 Å². The van der Waals surface area contributed by atoms with Crippen molar-refractivity contribution in [3.63, 3.8) is 0 Å². The highest BCUT2D eigenvalue weighted by Gasteiger charge is 2.33. The summed E-state index contributed by atoms with van der Waals surface area (Å²) in [7, 11) is 0. The Morgan fingerprint density at radius 3 is 2.63 bits per heavy atom. The predicted octanol–water partition coefficient (Wildman–Crippen LogP) is 5.44. The number of hydrogen-bond donors (Lipinski definition) is 1. The molecule has 0 spiro atoms. The highest BCUT2D eigenvalue weighted by molar-refractivity contribution is 6.31. The van der Waals surface area contributed by atoms with E-state index in [1.165, 1.54) is 18.2 Å². The number of benzene rings is 2. The molecular formula is C21H17ClF3NO4. The summed E-state index contributed by atoms with van der Waals surface area (Å²) in [6.07, 6.45) is -3.07. The monoisotopic (exact) mass is 439 g/mol. The highest BCUT2D eigenvalue weighted by Crippen LogP contribution is 2.36. The van der Waals surface area contributed by atoms with Crippen molar-refractivity contribution in [2.24, 2.45) is 0 Å². The van der Waals surface area contributed by atoms with Crippen LogP contribution in [0.25, 0.3) is 11.0 Å². The van der Waals surface area contributed by atoms with Gasteiger partial charge < -0.3 is 14.5 Å². The first-order valence-corrected chi connectivity index (χ1v) is 9.41. The van der Waals surface area contributed by atoms with Gasteiger partial charge in [-0.3, -0.25) is 4.79 Å². The second-order valence-electron chi connectivity index (χ2n) is 6.53. The summed E-state index contributed by atoms with van der Waals surface area (Å²) < 4.78 is 49.3. The van der Waals surface area contributed by atoms with Crippen LogP contribution in [0.1, 0.15) is 24.5 Å². The van der Waals surface area contributed by atoms with E-state index in [1.807, 2.05) is 6.92 Å². The number of halogens is 4. The molecule has 0 fully saturated rings. The number of amides is 1. The normalized spacial score (nSPS) is 11.5. The van der Waals surface area contributed by atoms with Gasteiger partial charge in [-0.2, -0.15) is 13.2 Å². The maximum absolute atomic E-state index is 12.9. The van der Waals surface area contributed by atoms with Gasteiger partial charge in [-0.05, 0) is 42.3 Å². The Morgan fingerprint density at radius 1 is 1.17 bits per heavy atom. The van der Waals surface area contributed by atoms with Gasteiger partial charge in [0.2, 0.25) is 0 Å². The molecule has 0 bridgehead atoms. The molecule has 0 saturated carbocycles. The molecule has 0 saturated heterocycles. The lowest BCUT2D eigenvalue weighted by molar-refractivity contribution is -0.137. The predicted molar refractivity (Wildman–Crippen MR) is 107 cm³/mol. The molecule has 2 aromatic carbocycles. The van der Waals surface area contributed by atoms with E-state index in [1.54, 1.807) is 12.1 Å². The fourth-order valence-corrected chi connectivity index (χ4v) is 3.17. The lowest BCUT2D eigenvalue weighted by Gasteiger charge is -2.12. The smallest absolute Gasteiger partial charge is 0.417 e. The Labute approximate surface area is 174 Å². The lowest BCUT2D eigenvalue weighted by Crippen LogP contribution is -2.20. The van der Waals surface area contributed by atoms with Crippen LogP contribution in [0.5, 0.6) is 5.75 Å². The van der Waals surface area contributed by atoms with Gasteiger partial charge in [-0.1, -0.05) is 24.9 Å². The summed E-state index contributed by atoms with van der Waals surface area (Å²) in [5.41, 5.74) is -0.402. The molecule has 0 aliphatic heterocycles. The standard InChI is InChI=1S/C21H17ClF3NO4/c1-2-3-12-8-20(28)30-18-10-14(5-6-15(12)18)29-11-19(27)26-13-4-7-17(22)16(9-13)21(23,24)25/h4-10H,2-3,11H2,1H3,(H,26,27). The molecule has 158 valence electrons. The van der Waals surface area contributed by atoms with Crippen LogP contribution in [0, 0.1) is 0 Å². The first-order valence-electron chi connectivity index (χ1n) is 9.03. The Morgan fingerprint density at radius 2 is 1.93 bits per heavy atom. The Kier molecular flexibility index (Phi) is 6.36. The maximum atomic E-state index is 12.9. The third-order valence-electron chi connectivity index (χ3n) is 4.25. The van der Waals surface area contributed by atoms with Crippen molar-refractivity contribution in [2.45, 2.75) is 25.9 Å². The molecule has 0 radical (unpaired) electrons. The largest absolute Gasteiger partial charge is 0.484 e. The topological polar surface area (TPSA) is 68.5 Å². The number of anilines is 1. The van der Waals surface area contributed by atoms with Gasteiger partial charge in [0.25, 0.3) is 5.91 Å². The van der Waals surface area contributed by atoms with Crippen molar-refractivity contribution >= 4 is 34.2 Å². The summed E-state index contributed by atoms with van der Waals surface area (Å²) in [5.74, 6) is -0.381. The molecule has 1 N–H and O–H groups in total. The zero-order chi connectivity index (χ0) is 21.9. The van der Waals surface area contributed by atoms with Gasteiger partial charge >= 0.3 is 11.8 Å². The summed E-state index contributed by atoms with van der Waals surface area (Å²) in [5, 5.41) is 2.64. The van der Waals surface area contributed by atoms with Gasteiger partial charge in [0.05, 0.1) is 10.6 Å². The number of ether oxygens (including phenoxy) is 1. The number of carbonyl (C=O) groups excluding carboxylic acids is 1. The first-order chi connectivity index (χ1) is 14.2. The average molecular weight is 440 g/mol. The first kappa shape index (κ1) is 21.7.